The van der Waals surface area contributed by atoms with E-state index in [1.807, 2.05) is 31.2 Å². The zero-order chi connectivity index (χ0) is 20.7. The summed E-state index contributed by atoms with van der Waals surface area (Å²) in [5.41, 5.74) is 5.94. The molecule has 1 aromatic carbocycles. The van der Waals surface area contributed by atoms with E-state index in [1.54, 1.807) is 14.0 Å². The van der Waals surface area contributed by atoms with Crippen LogP contribution in [-0.2, 0) is 17.8 Å². The van der Waals surface area contributed by atoms with Gasteiger partial charge in [0.05, 0.1) is 7.11 Å². The Hall–Kier alpha value is -3.03. The highest BCUT2D eigenvalue weighted by atomic mass is 16.5. The van der Waals surface area contributed by atoms with Crippen molar-refractivity contribution < 1.29 is 9.53 Å². The number of benzene rings is 1. The van der Waals surface area contributed by atoms with Crippen LogP contribution in [0.5, 0.6) is 5.75 Å². The van der Waals surface area contributed by atoms with Gasteiger partial charge >= 0.3 is 5.69 Å². The third kappa shape index (κ3) is 4.82. The number of nitrogens with two attached hydrogens (primary N) is 1. The molecule has 0 aliphatic rings. The number of carbonyl (C=O) groups is 1. The number of ether oxygens (including phenoxy) is 1. The minimum Gasteiger partial charge on any atom is -0.497 e. The molecule has 0 saturated carbocycles. The van der Waals surface area contributed by atoms with Gasteiger partial charge in [-0.3, -0.25) is 19.1 Å². The van der Waals surface area contributed by atoms with Gasteiger partial charge in [-0.25, -0.2) is 4.79 Å². The molecule has 0 bridgehead atoms. The summed E-state index contributed by atoms with van der Waals surface area (Å²) in [6.45, 7) is 4.43. The molecule has 2 rings (SSSR count). The summed E-state index contributed by atoms with van der Waals surface area (Å²) in [4.78, 5) is 40.9. The van der Waals surface area contributed by atoms with Gasteiger partial charge in [0.2, 0.25) is 5.91 Å². The molecule has 0 aliphatic heterocycles. The number of aryl methyl sites for hydroxylation is 1. The van der Waals surface area contributed by atoms with Crippen molar-refractivity contribution in [2.45, 2.75) is 46.1 Å². The van der Waals surface area contributed by atoms with Crippen LogP contribution in [0.3, 0.4) is 0 Å². The summed E-state index contributed by atoms with van der Waals surface area (Å²) >= 11 is 0. The number of nitrogens with one attached hydrogen (secondary N) is 1. The smallest absolute Gasteiger partial charge is 0.330 e. The van der Waals surface area contributed by atoms with Crippen molar-refractivity contribution in [3.05, 3.63) is 50.7 Å². The van der Waals surface area contributed by atoms with Gasteiger partial charge in [0, 0.05) is 19.5 Å². The zero-order valence-electron chi connectivity index (χ0n) is 16.7. The lowest BCUT2D eigenvalue weighted by atomic mass is 10.1. The monoisotopic (exact) mass is 388 g/mol. The normalized spacial score (nSPS) is 10.7. The van der Waals surface area contributed by atoms with E-state index in [-0.39, 0.29) is 30.4 Å². The van der Waals surface area contributed by atoms with Gasteiger partial charge in [-0.1, -0.05) is 25.5 Å². The van der Waals surface area contributed by atoms with Crippen LogP contribution < -0.4 is 26.6 Å². The lowest BCUT2D eigenvalue weighted by molar-refractivity contribution is -0.118. The maximum Gasteiger partial charge on any atom is 0.330 e. The number of hydrogen-bond donors (Lipinski definition) is 2. The predicted octanol–water partition coefficient (Wildman–Crippen LogP) is 1.91. The fourth-order valence-corrected chi connectivity index (χ4v) is 3.01. The van der Waals surface area contributed by atoms with E-state index in [4.69, 9.17) is 10.5 Å². The van der Waals surface area contributed by atoms with Crippen LogP contribution in [0.2, 0.25) is 0 Å². The Morgan fingerprint density at radius 2 is 1.89 bits per heavy atom. The number of hydrogen-bond acceptors (Lipinski definition) is 5. The van der Waals surface area contributed by atoms with Crippen LogP contribution in [0.1, 0.15) is 38.7 Å². The van der Waals surface area contributed by atoms with Gasteiger partial charge in [-0.2, -0.15) is 0 Å². The molecule has 0 aliphatic carbocycles. The molecule has 28 heavy (non-hydrogen) atoms. The second-order valence-corrected chi connectivity index (χ2v) is 6.48. The fourth-order valence-electron chi connectivity index (χ4n) is 3.01. The van der Waals surface area contributed by atoms with Gasteiger partial charge in [-0.15, -0.1) is 0 Å². The summed E-state index contributed by atoms with van der Waals surface area (Å²) < 4.78 is 6.45. The lowest BCUT2D eigenvalue weighted by Gasteiger charge is -2.23. The number of carbonyl (C=O) groups excluding carboxylic acids is 1. The molecular weight excluding hydrogens is 360 g/mol. The van der Waals surface area contributed by atoms with Gasteiger partial charge in [0.1, 0.15) is 11.6 Å². The van der Waals surface area contributed by atoms with Crippen LogP contribution in [0.15, 0.2) is 33.9 Å². The molecule has 0 spiro atoms. The molecule has 8 heteroatoms. The molecule has 8 nitrogen and oxygen atoms in total. The molecule has 0 unspecified atom stereocenters. The molecule has 1 aromatic heterocycles. The van der Waals surface area contributed by atoms with Crippen LogP contribution in [-0.4, -0.2) is 29.1 Å². The average Bonchev–Trinajstić information content (AvgIpc) is 2.69. The lowest BCUT2D eigenvalue weighted by Crippen LogP contribution is -2.41. The summed E-state index contributed by atoms with van der Waals surface area (Å²) in [7, 11) is 1.60. The minimum atomic E-state index is -0.644. The molecule has 0 saturated heterocycles. The van der Waals surface area contributed by atoms with Crippen LogP contribution >= 0.6 is 0 Å². The largest absolute Gasteiger partial charge is 0.497 e. The van der Waals surface area contributed by atoms with E-state index in [2.05, 4.69) is 4.98 Å². The van der Waals surface area contributed by atoms with Crippen molar-refractivity contribution in [1.82, 2.24) is 9.55 Å². The first-order valence-electron chi connectivity index (χ1n) is 9.48. The first kappa shape index (κ1) is 21.3. The SMILES string of the molecule is CCCCn1c(N)c(N(CC)C(=O)CCc2ccc(OC)cc2)c(=O)[nH]c1=O. The average molecular weight is 388 g/mol. The Labute approximate surface area is 163 Å². The van der Waals surface area contributed by atoms with Gasteiger partial charge in [0.15, 0.2) is 5.69 Å². The van der Waals surface area contributed by atoms with Crippen molar-refractivity contribution >= 4 is 17.4 Å². The van der Waals surface area contributed by atoms with Crippen LogP contribution in [0.25, 0.3) is 0 Å². The fraction of sp³-hybridized carbons (Fsp3) is 0.450. The Morgan fingerprint density at radius 3 is 2.46 bits per heavy atom. The molecule has 1 heterocycles. The van der Waals surface area contributed by atoms with Crippen molar-refractivity contribution in [2.75, 3.05) is 24.3 Å². The minimum absolute atomic E-state index is 0.0295. The van der Waals surface area contributed by atoms with Crippen LogP contribution in [0.4, 0.5) is 11.5 Å². The topological polar surface area (TPSA) is 110 Å². The number of amides is 1. The highest BCUT2D eigenvalue weighted by molar-refractivity contribution is 5.95. The van der Waals surface area contributed by atoms with Gasteiger partial charge < -0.3 is 15.4 Å². The molecule has 3 N–H and O–H groups in total. The highest BCUT2D eigenvalue weighted by Crippen LogP contribution is 2.19. The van der Waals surface area contributed by atoms with Gasteiger partial charge in [0.25, 0.3) is 5.56 Å². The third-order valence-corrected chi connectivity index (χ3v) is 4.62. The summed E-state index contributed by atoms with van der Waals surface area (Å²) in [5, 5.41) is 0. The predicted molar refractivity (Wildman–Crippen MR) is 110 cm³/mol. The third-order valence-electron chi connectivity index (χ3n) is 4.62. The number of anilines is 2. The molecule has 152 valence electrons. The van der Waals surface area contributed by atoms with E-state index in [0.29, 0.717) is 13.0 Å². The van der Waals surface area contributed by atoms with Crippen molar-refractivity contribution in [2.24, 2.45) is 0 Å². The van der Waals surface area contributed by atoms with Crippen molar-refractivity contribution in [3.63, 3.8) is 0 Å². The highest BCUT2D eigenvalue weighted by Gasteiger charge is 2.22. The second-order valence-electron chi connectivity index (χ2n) is 6.48. The number of methoxy groups -OCH3 is 1. The first-order chi connectivity index (χ1) is 13.4. The molecule has 1 amide bonds. The number of H-pyrrole nitrogens is 1. The maximum atomic E-state index is 12.8. The Kier molecular flexibility index (Phi) is 7.43. The molecule has 0 fully saturated rings. The molecule has 0 radical (unpaired) electrons. The second kappa shape index (κ2) is 9.77. The number of aromatic amines is 1. The number of nitrogens with zero attached hydrogens (tertiary/aromatic N) is 2. The Balaban J connectivity index is 2.24. The van der Waals surface area contributed by atoms with Crippen LogP contribution in [0, 0.1) is 0 Å². The summed E-state index contributed by atoms with van der Waals surface area (Å²) in [5.74, 6) is 0.553. The quantitative estimate of drug-likeness (QED) is 0.682. The summed E-state index contributed by atoms with van der Waals surface area (Å²) in [6.07, 6.45) is 2.35. The Morgan fingerprint density at radius 1 is 1.21 bits per heavy atom. The van der Waals surface area contributed by atoms with Crippen molar-refractivity contribution in [3.8, 4) is 5.75 Å². The van der Waals surface area contributed by atoms with Crippen molar-refractivity contribution in [1.29, 1.82) is 0 Å². The standard InChI is InChI=1S/C20H28N4O4/c1-4-6-13-24-18(21)17(19(26)22-20(24)27)23(5-2)16(25)12-9-14-7-10-15(28-3)11-8-14/h7-8,10-11H,4-6,9,12-13,21H2,1-3H3,(H,22,26,27). The number of unbranched alkanes of at least 4 members (excludes halogenated alkanes) is 1. The van der Waals surface area contributed by atoms with E-state index < -0.39 is 11.2 Å². The van der Waals surface area contributed by atoms with E-state index >= 15 is 0 Å². The Bertz CT molecular complexity index is 915. The van der Waals surface area contributed by atoms with E-state index in [0.717, 1.165) is 24.2 Å². The number of aromatic nitrogens is 2. The zero-order valence-corrected chi connectivity index (χ0v) is 16.7. The number of nitrogen functional groups attached to an aromatic ring is 1. The van der Waals surface area contributed by atoms with E-state index in [1.165, 1.54) is 9.47 Å². The van der Waals surface area contributed by atoms with Gasteiger partial charge in [-0.05, 0) is 37.5 Å². The summed E-state index contributed by atoms with van der Waals surface area (Å²) in [6, 6.07) is 7.47. The van der Waals surface area contributed by atoms with E-state index in [9.17, 15) is 14.4 Å². The molecular formula is C20H28N4O4. The first-order valence-corrected chi connectivity index (χ1v) is 9.48. The number of rotatable bonds is 9. The molecule has 0 atom stereocenters. The molecule has 2 aromatic rings. The maximum absolute atomic E-state index is 12.8.